The van der Waals surface area contributed by atoms with E-state index in [9.17, 15) is 9.00 Å². The molecule has 112 valence electrons. The van der Waals surface area contributed by atoms with Gasteiger partial charge < -0.3 is 10.1 Å². The molecule has 2 rings (SSSR count). The molecule has 0 bridgehead atoms. The normalized spacial score (nSPS) is 18.9. The third-order valence-electron chi connectivity index (χ3n) is 3.23. The number of ether oxygens (including phenoxy) is 1. The summed E-state index contributed by atoms with van der Waals surface area (Å²) < 4.78 is 17.3. The summed E-state index contributed by atoms with van der Waals surface area (Å²) in [4.78, 5) is 11.8. The van der Waals surface area contributed by atoms with E-state index < -0.39 is 10.8 Å². The fourth-order valence-electron chi connectivity index (χ4n) is 2.16. The lowest BCUT2D eigenvalue weighted by Crippen LogP contribution is -2.20. The molecule has 1 fully saturated rings. The molecule has 1 aromatic carbocycles. The molecule has 0 saturated carbocycles. The Morgan fingerprint density at radius 2 is 2.38 bits per heavy atom. The molecule has 1 heterocycles. The number of anilines is 1. The van der Waals surface area contributed by atoms with Crippen molar-refractivity contribution in [2.45, 2.75) is 25.4 Å². The molecule has 1 saturated heterocycles. The predicted molar refractivity (Wildman–Crippen MR) is 81.3 cm³/mol. The van der Waals surface area contributed by atoms with Gasteiger partial charge in [-0.15, -0.1) is 0 Å². The highest BCUT2D eigenvalue weighted by molar-refractivity contribution is 7.85. The fourth-order valence-corrected chi connectivity index (χ4v) is 3.42. The van der Waals surface area contributed by atoms with Gasteiger partial charge in [-0.25, -0.2) is 0 Å². The van der Waals surface area contributed by atoms with E-state index in [0.717, 1.165) is 19.4 Å². The van der Waals surface area contributed by atoms with Gasteiger partial charge in [0.05, 0.1) is 17.7 Å². The van der Waals surface area contributed by atoms with Crippen LogP contribution in [0.4, 0.5) is 5.69 Å². The molecule has 5 nitrogen and oxygen atoms in total. The number of carbonyl (C=O) groups excluding carboxylic acids is 1. The first-order chi connectivity index (χ1) is 10.2. The standard InChI is InChI=1S/C15H18N2O3S/c16-10-12-3-1-4-13(9-12)17-15(18)6-8-21(19)11-14-5-2-7-20-14/h1,3-4,9,14H,2,5-8,11H2,(H,17,18). The van der Waals surface area contributed by atoms with E-state index in [2.05, 4.69) is 5.32 Å². The second-order valence-corrected chi connectivity index (χ2v) is 6.56. The Morgan fingerprint density at radius 1 is 1.52 bits per heavy atom. The van der Waals surface area contributed by atoms with Crippen LogP contribution in [0.25, 0.3) is 0 Å². The molecule has 0 radical (unpaired) electrons. The van der Waals surface area contributed by atoms with Crippen LogP contribution >= 0.6 is 0 Å². The second kappa shape index (κ2) is 7.91. The quantitative estimate of drug-likeness (QED) is 0.869. The molecule has 21 heavy (non-hydrogen) atoms. The lowest BCUT2D eigenvalue weighted by molar-refractivity contribution is -0.115. The molecule has 0 aliphatic carbocycles. The van der Waals surface area contributed by atoms with Gasteiger partial charge in [0.2, 0.25) is 5.91 Å². The number of nitrogens with one attached hydrogen (secondary N) is 1. The lowest BCUT2D eigenvalue weighted by atomic mass is 10.2. The van der Waals surface area contributed by atoms with Crippen LogP contribution in [-0.4, -0.2) is 34.3 Å². The first-order valence-electron chi connectivity index (χ1n) is 6.94. The topological polar surface area (TPSA) is 79.2 Å². The summed E-state index contributed by atoms with van der Waals surface area (Å²) in [7, 11) is -1.03. The zero-order valence-electron chi connectivity index (χ0n) is 11.7. The molecule has 0 spiro atoms. The van der Waals surface area contributed by atoms with Gasteiger partial charge in [-0.3, -0.25) is 9.00 Å². The minimum absolute atomic E-state index is 0.0844. The Kier molecular flexibility index (Phi) is 5.90. The van der Waals surface area contributed by atoms with Gasteiger partial charge in [-0.05, 0) is 31.0 Å². The van der Waals surface area contributed by atoms with Crippen LogP contribution in [0.3, 0.4) is 0 Å². The third kappa shape index (κ3) is 5.29. The number of nitrogens with zero attached hydrogens (tertiary/aromatic N) is 1. The highest BCUT2D eigenvalue weighted by Crippen LogP contribution is 2.13. The molecule has 1 aromatic rings. The van der Waals surface area contributed by atoms with Crippen LogP contribution in [0, 0.1) is 11.3 Å². The van der Waals surface area contributed by atoms with Gasteiger partial charge in [-0.2, -0.15) is 5.26 Å². The number of benzene rings is 1. The van der Waals surface area contributed by atoms with Crippen LogP contribution in [0.2, 0.25) is 0 Å². The van der Waals surface area contributed by atoms with E-state index in [1.807, 2.05) is 6.07 Å². The van der Waals surface area contributed by atoms with Gasteiger partial charge in [0.1, 0.15) is 0 Å². The molecule has 1 N–H and O–H groups in total. The minimum atomic E-state index is -1.03. The zero-order chi connectivity index (χ0) is 15.1. The van der Waals surface area contributed by atoms with Crippen molar-refractivity contribution < 1.29 is 13.7 Å². The first-order valence-corrected chi connectivity index (χ1v) is 8.43. The third-order valence-corrected chi connectivity index (χ3v) is 4.63. The molecule has 0 aromatic heterocycles. The van der Waals surface area contributed by atoms with Crippen molar-refractivity contribution in [2.75, 3.05) is 23.4 Å². The van der Waals surface area contributed by atoms with E-state index in [1.165, 1.54) is 0 Å². The Morgan fingerprint density at radius 3 is 3.10 bits per heavy atom. The maximum Gasteiger partial charge on any atom is 0.225 e. The Labute approximate surface area is 126 Å². The molecular formula is C15H18N2O3S. The van der Waals surface area contributed by atoms with Crippen molar-refractivity contribution in [3.8, 4) is 6.07 Å². The van der Waals surface area contributed by atoms with Crippen molar-refractivity contribution >= 4 is 22.4 Å². The smallest absolute Gasteiger partial charge is 0.225 e. The SMILES string of the molecule is N#Cc1cccc(NC(=O)CCS(=O)CC2CCCO2)c1. The van der Waals surface area contributed by atoms with Crippen LogP contribution in [0.5, 0.6) is 0 Å². The van der Waals surface area contributed by atoms with Crippen LogP contribution < -0.4 is 5.32 Å². The van der Waals surface area contributed by atoms with Crippen molar-refractivity contribution in [1.82, 2.24) is 0 Å². The maximum atomic E-state index is 11.9. The van der Waals surface area contributed by atoms with E-state index in [4.69, 9.17) is 10.00 Å². The molecule has 1 aliphatic heterocycles. The summed E-state index contributed by atoms with van der Waals surface area (Å²) in [5, 5.41) is 11.5. The van der Waals surface area contributed by atoms with E-state index >= 15 is 0 Å². The largest absolute Gasteiger partial charge is 0.377 e. The minimum Gasteiger partial charge on any atom is -0.377 e. The summed E-state index contributed by atoms with van der Waals surface area (Å²) in [5.74, 6) is 0.659. The average Bonchev–Trinajstić information content (AvgIpc) is 2.98. The summed E-state index contributed by atoms with van der Waals surface area (Å²) in [6, 6.07) is 8.74. The molecule has 2 unspecified atom stereocenters. The second-order valence-electron chi connectivity index (χ2n) is 4.94. The number of amides is 1. The van der Waals surface area contributed by atoms with Crippen LogP contribution in [-0.2, 0) is 20.3 Å². The number of hydrogen-bond donors (Lipinski definition) is 1. The van der Waals surface area contributed by atoms with Crippen LogP contribution in [0.15, 0.2) is 24.3 Å². The molecule has 1 aliphatic rings. The fraction of sp³-hybridized carbons (Fsp3) is 0.467. The van der Waals surface area contributed by atoms with E-state index in [0.29, 0.717) is 22.8 Å². The zero-order valence-corrected chi connectivity index (χ0v) is 12.5. The van der Waals surface area contributed by atoms with Crippen molar-refractivity contribution in [2.24, 2.45) is 0 Å². The molecular weight excluding hydrogens is 288 g/mol. The van der Waals surface area contributed by atoms with Gasteiger partial charge in [0, 0.05) is 41.0 Å². The lowest BCUT2D eigenvalue weighted by Gasteiger charge is -2.09. The number of rotatable bonds is 6. The Balaban J connectivity index is 1.73. The first kappa shape index (κ1) is 15.7. The van der Waals surface area contributed by atoms with E-state index in [1.54, 1.807) is 24.3 Å². The molecule has 6 heteroatoms. The number of nitriles is 1. The monoisotopic (exact) mass is 306 g/mol. The summed E-state index contributed by atoms with van der Waals surface area (Å²) >= 11 is 0. The predicted octanol–water partition coefficient (Wildman–Crippen LogP) is 1.81. The van der Waals surface area contributed by atoms with Crippen molar-refractivity contribution in [3.63, 3.8) is 0 Å². The Hall–Kier alpha value is -1.71. The number of carbonyl (C=O) groups is 1. The van der Waals surface area contributed by atoms with Gasteiger partial charge in [-0.1, -0.05) is 6.07 Å². The van der Waals surface area contributed by atoms with Gasteiger partial charge in [0.25, 0.3) is 0 Å². The Bertz CT molecular complexity index is 562. The highest BCUT2D eigenvalue weighted by Gasteiger charge is 2.18. The maximum absolute atomic E-state index is 11.9. The van der Waals surface area contributed by atoms with Gasteiger partial charge >= 0.3 is 0 Å². The van der Waals surface area contributed by atoms with E-state index in [-0.39, 0.29) is 18.4 Å². The highest BCUT2D eigenvalue weighted by atomic mass is 32.2. The average molecular weight is 306 g/mol. The van der Waals surface area contributed by atoms with Crippen molar-refractivity contribution in [1.29, 1.82) is 5.26 Å². The molecule has 1 amide bonds. The van der Waals surface area contributed by atoms with Crippen molar-refractivity contribution in [3.05, 3.63) is 29.8 Å². The van der Waals surface area contributed by atoms with Gasteiger partial charge in [0.15, 0.2) is 0 Å². The summed E-state index contributed by atoms with van der Waals surface area (Å²) in [5.41, 5.74) is 1.08. The van der Waals surface area contributed by atoms with Crippen LogP contribution in [0.1, 0.15) is 24.8 Å². The summed E-state index contributed by atoms with van der Waals surface area (Å²) in [6.45, 7) is 0.748. The summed E-state index contributed by atoms with van der Waals surface area (Å²) in [6.07, 6.45) is 2.27. The number of hydrogen-bond acceptors (Lipinski definition) is 4. The molecule has 2 atom stereocenters.